The second-order valence-electron chi connectivity index (χ2n) is 3.27. The lowest BCUT2D eigenvalue weighted by atomic mass is 10.2. The molecule has 2 N–H and O–H groups in total. The summed E-state index contributed by atoms with van der Waals surface area (Å²) < 4.78 is 4.90. The molecule has 1 heterocycles. The van der Waals surface area contributed by atoms with Gasteiger partial charge in [-0.05, 0) is 23.8 Å². The van der Waals surface area contributed by atoms with Crippen LogP contribution in [0.25, 0.3) is 11.1 Å². The second kappa shape index (κ2) is 4.06. The van der Waals surface area contributed by atoms with E-state index in [2.05, 4.69) is 16.9 Å². The molecular weight excluding hydrogens is 208 g/mol. The van der Waals surface area contributed by atoms with Gasteiger partial charge in [0.2, 0.25) is 5.91 Å². The summed E-state index contributed by atoms with van der Waals surface area (Å²) in [5.74, 6) is -0.724. The number of benzene rings is 1. The van der Waals surface area contributed by atoms with Crippen LogP contribution in [0.3, 0.4) is 0 Å². The first-order valence-corrected chi connectivity index (χ1v) is 4.71. The van der Waals surface area contributed by atoms with E-state index in [1.165, 1.54) is 6.08 Å². The molecule has 0 spiro atoms. The lowest BCUT2D eigenvalue weighted by Crippen LogP contribution is -2.19. The number of H-pyrrole nitrogens is 1. The third-order valence-corrected chi connectivity index (χ3v) is 2.14. The fraction of sp³-hybridized carbons (Fsp3) is 0.0909. The average molecular weight is 218 g/mol. The predicted molar refractivity (Wildman–Crippen MR) is 58.9 cm³/mol. The molecule has 2 rings (SSSR count). The van der Waals surface area contributed by atoms with Gasteiger partial charge in [0.05, 0.1) is 5.52 Å². The molecule has 1 amide bonds. The van der Waals surface area contributed by atoms with Crippen molar-refractivity contribution in [3.05, 3.63) is 47.0 Å². The molecule has 0 unspecified atom stereocenters. The van der Waals surface area contributed by atoms with Gasteiger partial charge in [-0.2, -0.15) is 0 Å². The highest BCUT2D eigenvalue weighted by molar-refractivity contribution is 5.86. The van der Waals surface area contributed by atoms with Crippen molar-refractivity contribution in [1.82, 2.24) is 10.3 Å². The molecule has 0 saturated carbocycles. The minimum absolute atomic E-state index is 0.240. The third-order valence-electron chi connectivity index (χ3n) is 2.14. The number of rotatable bonds is 3. The van der Waals surface area contributed by atoms with Gasteiger partial charge in [0.1, 0.15) is 0 Å². The molecule has 0 aliphatic rings. The summed E-state index contributed by atoms with van der Waals surface area (Å²) in [6.07, 6.45) is 1.20. The van der Waals surface area contributed by atoms with Crippen LogP contribution in [0.1, 0.15) is 5.56 Å². The summed E-state index contributed by atoms with van der Waals surface area (Å²) in [4.78, 5) is 24.4. The van der Waals surface area contributed by atoms with E-state index in [1.807, 2.05) is 0 Å². The van der Waals surface area contributed by atoms with Crippen LogP contribution in [0.2, 0.25) is 0 Å². The van der Waals surface area contributed by atoms with E-state index >= 15 is 0 Å². The van der Waals surface area contributed by atoms with Gasteiger partial charge >= 0.3 is 5.76 Å². The van der Waals surface area contributed by atoms with Crippen LogP contribution in [0.5, 0.6) is 0 Å². The van der Waals surface area contributed by atoms with Crippen molar-refractivity contribution in [3.8, 4) is 0 Å². The van der Waals surface area contributed by atoms with Gasteiger partial charge < -0.3 is 9.73 Å². The average Bonchev–Trinajstić information content (AvgIpc) is 2.65. The molecule has 2 aromatic rings. The van der Waals surface area contributed by atoms with Crippen LogP contribution in [0, 0.1) is 0 Å². The normalized spacial score (nSPS) is 10.2. The van der Waals surface area contributed by atoms with Crippen LogP contribution < -0.4 is 11.1 Å². The first-order valence-electron chi connectivity index (χ1n) is 4.71. The van der Waals surface area contributed by atoms with Crippen molar-refractivity contribution in [2.45, 2.75) is 6.54 Å². The first-order chi connectivity index (χ1) is 7.69. The molecule has 1 aromatic heterocycles. The molecule has 16 heavy (non-hydrogen) atoms. The number of hydrogen-bond acceptors (Lipinski definition) is 3. The molecule has 0 aliphatic heterocycles. The van der Waals surface area contributed by atoms with Gasteiger partial charge in [-0.15, -0.1) is 0 Å². The van der Waals surface area contributed by atoms with E-state index in [1.54, 1.807) is 18.2 Å². The molecule has 0 saturated heterocycles. The zero-order chi connectivity index (χ0) is 11.5. The number of fused-ring (bicyclic) bond motifs is 1. The Morgan fingerprint density at radius 1 is 1.56 bits per heavy atom. The Balaban J connectivity index is 2.22. The Morgan fingerprint density at radius 2 is 2.38 bits per heavy atom. The fourth-order valence-electron chi connectivity index (χ4n) is 1.36. The number of aromatic nitrogens is 1. The van der Waals surface area contributed by atoms with Crippen LogP contribution >= 0.6 is 0 Å². The Bertz CT molecular complexity index is 595. The van der Waals surface area contributed by atoms with Crippen molar-refractivity contribution in [2.75, 3.05) is 0 Å². The van der Waals surface area contributed by atoms with Crippen LogP contribution in [0.4, 0.5) is 0 Å². The number of hydrogen-bond donors (Lipinski definition) is 2. The van der Waals surface area contributed by atoms with Crippen LogP contribution in [-0.2, 0) is 11.3 Å². The molecule has 0 atom stereocenters. The van der Waals surface area contributed by atoms with Gasteiger partial charge in [-0.3, -0.25) is 9.78 Å². The Kier molecular flexibility index (Phi) is 2.59. The van der Waals surface area contributed by atoms with E-state index in [9.17, 15) is 9.59 Å². The van der Waals surface area contributed by atoms with Crippen molar-refractivity contribution >= 4 is 17.0 Å². The summed E-state index contributed by atoms with van der Waals surface area (Å²) in [5, 5.41) is 2.63. The van der Waals surface area contributed by atoms with Gasteiger partial charge in [0.15, 0.2) is 5.58 Å². The minimum Gasteiger partial charge on any atom is -0.408 e. The largest absolute Gasteiger partial charge is 0.417 e. The van der Waals surface area contributed by atoms with Crippen LogP contribution in [-0.4, -0.2) is 10.9 Å². The topological polar surface area (TPSA) is 75.1 Å². The van der Waals surface area contributed by atoms with E-state index < -0.39 is 5.76 Å². The molecule has 0 aliphatic carbocycles. The second-order valence-corrected chi connectivity index (χ2v) is 3.27. The molecular formula is C11H10N2O3. The quantitative estimate of drug-likeness (QED) is 0.752. The number of amides is 1. The highest BCUT2D eigenvalue weighted by Crippen LogP contribution is 2.11. The smallest absolute Gasteiger partial charge is 0.408 e. The maximum atomic E-state index is 10.9. The standard InChI is InChI=1S/C11H10N2O3/c1-2-10(14)12-6-7-3-4-8-9(5-7)16-11(15)13-8/h2-5H,1,6H2,(H,12,14)(H,13,15). The van der Waals surface area contributed by atoms with E-state index in [4.69, 9.17) is 4.42 Å². The maximum absolute atomic E-state index is 10.9. The number of carbonyl (C=O) groups is 1. The summed E-state index contributed by atoms with van der Waals surface area (Å²) in [7, 11) is 0. The number of carbonyl (C=O) groups excluding carboxylic acids is 1. The molecule has 5 nitrogen and oxygen atoms in total. The molecule has 1 aromatic carbocycles. The van der Waals surface area contributed by atoms with Gasteiger partial charge in [0, 0.05) is 6.54 Å². The van der Waals surface area contributed by atoms with Crippen molar-refractivity contribution in [1.29, 1.82) is 0 Å². The highest BCUT2D eigenvalue weighted by Gasteiger charge is 2.02. The number of oxazole rings is 1. The maximum Gasteiger partial charge on any atom is 0.417 e. The third kappa shape index (κ3) is 2.03. The summed E-state index contributed by atoms with van der Waals surface area (Å²) in [5.41, 5.74) is 1.98. The summed E-state index contributed by atoms with van der Waals surface area (Å²) in [6, 6.07) is 5.24. The zero-order valence-corrected chi connectivity index (χ0v) is 8.45. The number of aromatic amines is 1. The predicted octanol–water partition coefficient (Wildman–Crippen LogP) is 0.923. The highest BCUT2D eigenvalue weighted by atomic mass is 16.4. The number of nitrogens with one attached hydrogen (secondary N) is 2. The Morgan fingerprint density at radius 3 is 3.12 bits per heavy atom. The summed E-state index contributed by atoms with van der Waals surface area (Å²) in [6.45, 7) is 3.72. The Hall–Kier alpha value is -2.30. The van der Waals surface area contributed by atoms with E-state index in [0.29, 0.717) is 17.6 Å². The zero-order valence-electron chi connectivity index (χ0n) is 8.45. The first kappa shape index (κ1) is 10.2. The van der Waals surface area contributed by atoms with Gasteiger partial charge in [-0.1, -0.05) is 12.6 Å². The molecule has 82 valence electrons. The fourth-order valence-corrected chi connectivity index (χ4v) is 1.36. The minimum atomic E-state index is -0.484. The Labute approximate surface area is 90.8 Å². The monoisotopic (exact) mass is 218 g/mol. The molecule has 0 fully saturated rings. The van der Waals surface area contributed by atoms with Crippen LogP contribution in [0.15, 0.2) is 40.1 Å². The van der Waals surface area contributed by atoms with Crippen molar-refractivity contribution < 1.29 is 9.21 Å². The summed E-state index contributed by atoms with van der Waals surface area (Å²) >= 11 is 0. The van der Waals surface area contributed by atoms with Gasteiger partial charge in [-0.25, -0.2) is 4.79 Å². The lowest BCUT2D eigenvalue weighted by molar-refractivity contribution is -0.116. The van der Waals surface area contributed by atoms with E-state index in [0.717, 1.165) is 5.56 Å². The SMILES string of the molecule is C=CC(=O)NCc1ccc2[nH]c(=O)oc2c1. The van der Waals surface area contributed by atoms with Crippen molar-refractivity contribution in [3.63, 3.8) is 0 Å². The van der Waals surface area contributed by atoms with Crippen molar-refractivity contribution in [2.24, 2.45) is 0 Å². The molecule has 0 bridgehead atoms. The van der Waals surface area contributed by atoms with Gasteiger partial charge in [0.25, 0.3) is 0 Å². The molecule has 0 radical (unpaired) electrons. The molecule has 5 heteroatoms. The van der Waals surface area contributed by atoms with E-state index in [-0.39, 0.29) is 5.91 Å². The lowest BCUT2D eigenvalue weighted by Gasteiger charge is -2.01.